The summed E-state index contributed by atoms with van der Waals surface area (Å²) in [5.74, 6) is -3.35. The molecule has 6 atom stereocenters. The van der Waals surface area contributed by atoms with Gasteiger partial charge in [-0.15, -0.1) is 0 Å². The number of ether oxygens (including phenoxy) is 4. The van der Waals surface area contributed by atoms with Crippen LogP contribution in [0, 0.1) is 0 Å². The van der Waals surface area contributed by atoms with Crippen molar-refractivity contribution in [1.82, 2.24) is 0 Å². The van der Waals surface area contributed by atoms with Gasteiger partial charge in [0.15, 0.2) is 24.4 Å². The monoisotopic (exact) mass is 428 g/mol. The lowest BCUT2D eigenvalue weighted by molar-refractivity contribution is -0.250. The minimum Gasteiger partial charge on any atom is -0.456 e. The fraction of sp³-hybridized carbons (Fsp3) is 0.600. The van der Waals surface area contributed by atoms with Crippen LogP contribution in [0.15, 0.2) is 23.3 Å². The SMILES string of the molecule is C/C=C(/C)C(=O)O[C@@H]1[C@@H](O)[C@H](OC(C)=O)[C@H](OC(C)=O)[C@@H](O)[C@H]1OC(=O)/C(C)=C\C. The fourth-order valence-corrected chi connectivity index (χ4v) is 2.75. The first-order valence-electron chi connectivity index (χ1n) is 9.32. The summed E-state index contributed by atoms with van der Waals surface area (Å²) in [4.78, 5) is 47.6. The largest absolute Gasteiger partial charge is 0.456 e. The maximum atomic E-state index is 12.3. The molecule has 0 aromatic heterocycles. The molecule has 1 fully saturated rings. The second-order valence-electron chi connectivity index (χ2n) is 6.81. The van der Waals surface area contributed by atoms with Crippen LogP contribution in [0.3, 0.4) is 0 Å². The lowest BCUT2D eigenvalue weighted by atomic mass is 9.84. The van der Waals surface area contributed by atoms with Gasteiger partial charge in [-0.05, 0) is 27.7 Å². The van der Waals surface area contributed by atoms with Gasteiger partial charge in [-0.2, -0.15) is 0 Å². The van der Waals surface area contributed by atoms with Crippen molar-refractivity contribution in [2.75, 3.05) is 0 Å². The number of esters is 4. The number of allylic oxidation sites excluding steroid dienone is 2. The molecule has 0 spiro atoms. The summed E-state index contributed by atoms with van der Waals surface area (Å²) in [7, 11) is 0. The van der Waals surface area contributed by atoms with Gasteiger partial charge in [-0.3, -0.25) is 9.59 Å². The summed E-state index contributed by atoms with van der Waals surface area (Å²) in [6.07, 6.45) is -6.95. The van der Waals surface area contributed by atoms with E-state index >= 15 is 0 Å². The minimum atomic E-state index is -1.76. The van der Waals surface area contributed by atoms with E-state index in [0.29, 0.717) is 0 Å². The molecule has 2 N–H and O–H groups in total. The van der Waals surface area contributed by atoms with Crippen LogP contribution in [0.4, 0.5) is 0 Å². The van der Waals surface area contributed by atoms with Gasteiger partial charge in [-0.25, -0.2) is 9.59 Å². The van der Waals surface area contributed by atoms with E-state index in [4.69, 9.17) is 18.9 Å². The first kappa shape index (κ1) is 25.3. The number of aliphatic hydroxyl groups excluding tert-OH is 2. The maximum Gasteiger partial charge on any atom is 0.333 e. The highest BCUT2D eigenvalue weighted by Crippen LogP contribution is 2.31. The molecule has 0 unspecified atom stereocenters. The van der Waals surface area contributed by atoms with Crippen molar-refractivity contribution in [1.29, 1.82) is 0 Å². The van der Waals surface area contributed by atoms with Crippen LogP contribution in [0.1, 0.15) is 41.5 Å². The third-order valence-electron chi connectivity index (χ3n) is 4.59. The van der Waals surface area contributed by atoms with E-state index < -0.39 is 60.5 Å². The lowest BCUT2D eigenvalue weighted by Gasteiger charge is -2.45. The summed E-state index contributed by atoms with van der Waals surface area (Å²) in [6, 6.07) is 0. The smallest absolute Gasteiger partial charge is 0.333 e. The van der Waals surface area contributed by atoms with E-state index in [2.05, 4.69) is 0 Å². The molecule has 1 aliphatic carbocycles. The van der Waals surface area contributed by atoms with Gasteiger partial charge in [0, 0.05) is 25.0 Å². The second kappa shape index (κ2) is 10.9. The van der Waals surface area contributed by atoms with E-state index in [9.17, 15) is 29.4 Å². The Hall–Kier alpha value is -2.72. The molecule has 0 aromatic rings. The molecule has 1 aliphatic rings. The zero-order chi connectivity index (χ0) is 23.2. The highest BCUT2D eigenvalue weighted by molar-refractivity contribution is 5.88. The molecule has 0 amide bonds. The van der Waals surface area contributed by atoms with Crippen LogP contribution < -0.4 is 0 Å². The predicted octanol–water partition coefficient (Wildman–Crippen LogP) is 0.341. The summed E-state index contributed by atoms with van der Waals surface area (Å²) >= 11 is 0. The van der Waals surface area contributed by atoms with Crippen molar-refractivity contribution in [3.8, 4) is 0 Å². The average molecular weight is 428 g/mol. The molecule has 1 rings (SSSR count). The Morgan fingerprint density at radius 2 is 0.867 bits per heavy atom. The van der Waals surface area contributed by atoms with E-state index in [0.717, 1.165) is 13.8 Å². The average Bonchev–Trinajstić information content (AvgIpc) is 2.68. The molecule has 0 bridgehead atoms. The third kappa shape index (κ3) is 6.14. The standard InChI is InChI=1S/C20H28O10/c1-7-9(3)19(25)29-17-13(23)15(27-11(5)21)16(28-12(6)22)14(24)18(17)30-20(26)10(4)8-2/h7-8,13-18,23-24H,1-6H3/b9-7-,10-8-/t13-,14+,15-,16+,17-,18-/m1/s1. The van der Waals surface area contributed by atoms with E-state index in [1.807, 2.05) is 0 Å². The Bertz CT molecular complexity index is 676. The number of aliphatic hydroxyl groups is 2. The van der Waals surface area contributed by atoms with Gasteiger partial charge in [0.25, 0.3) is 0 Å². The molecule has 10 nitrogen and oxygen atoms in total. The van der Waals surface area contributed by atoms with Gasteiger partial charge in [0.2, 0.25) is 0 Å². The Kier molecular flexibility index (Phi) is 9.19. The van der Waals surface area contributed by atoms with Crippen LogP contribution in [0.5, 0.6) is 0 Å². The van der Waals surface area contributed by atoms with Crippen LogP contribution in [-0.4, -0.2) is 70.7 Å². The molecule has 30 heavy (non-hydrogen) atoms. The van der Waals surface area contributed by atoms with E-state index in [-0.39, 0.29) is 11.1 Å². The Morgan fingerprint density at radius 1 is 0.600 bits per heavy atom. The van der Waals surface area contributed by atoms with E-state index in [1.165, 1.54) is 26.0 Å². The van der Waals surface area contributed by atoms with Crippen molar-refractivity contribution in [3.63, 3.8) is 0 Å². The quantitative estimate of drug-likeness (QED) is 0.345. The van der Waals surface area contributed by atoms with Crippen molar-refractivity contribution in [3.05, 3.63) is 23.3 Å². The van der Waals surface area contributed by atoms with E-state index in [1.54, 1.807) is 13.8 Å². The van der Waals surface area contributed by atoms with Crippen molar-refractivity contribution >= 4 is 23.9 Å². The number of carbonyl (C=O) groups is 4. The predicted molar refractivity (Wildman–Crippen MR) is 102 cm³/mol. The van der Waals surface area contributed by atoms with Crippen LogP contribution in [0.2, 0.25) is 0 Å². The summed E-state index contributed by atoms with van der Waals surface area (Å²) < 4.78 is 20.6. The Labute approximate surface area is 174 Å². The molecule has 0 radical (unpaired) electrons. The topological polar surface area (TPSA) is 146 Å². The minimum absolute atomic E-state index is 0.192. The Morgan fingerprint density at radius 3 is 1.10 bits per heavy atom. The fourth-order valence-electron chi connectivity index (χ4n) is 2.75. The molecular formula is C20H28O10. The first-order valence-corrected chi connectivity index (χ1v) is 9.32. The molecule has 0 aromatic carbocycles. The zero-order valence-corrected chi connectivity index (χ0v) is 17.8. The van der Waals surface area contributed by atoms with Crippen LogP contribution >= 0.6 is 0 Å². The third-order valence-corrected chi connectivity index (χ3v) is 4.59. The summed E-state index contributed by atoms with van der Waals surface area (Å²) in [5.41, 5.74) is 0.384. The molecule has 0 heterocycles. The molecule has 10 heteroatoms. The van der Waals surface area contributed by atoms with Gasteiger partial charge < -0.3 is 29.2 Å². The van der Waals surface area contributed by atoms with Crippen molar-refractivity contribution in [2.45, 2.75) is 78.2 Å². The van der Waals surface area contributed by atoms with Gasteiger partial charge in [0.05, 0.1) is 0 Å². The highest BCUT2D eigenvalue weighted by Gasteiger charge is 2.57. The maximum absolute atomic E-state index is 12.3. The summed E-state index contributed by atoms with van der Waals surface area (Å²) in [6.45, 7) is 8.21. The molecule has 1 saturated carbocycles. The lowest BCUT2D eigenvalue weighted by Crippen LogP contribution is -2.67. The molecule has 0 aliphatic heterocycles. The normalized spacial score (nSPS) is 29.6. The van der Waals surface area contributed by atoms with Crippen LogP contribution in [-0.2, 0) is 38.1 Å². The Balaban J connectivity index is 3.40. The number of carbonyl (C=O) groups excluding carboxylic acids is 4. The first-order chi connectivity index (χ1) is 13.9. The van der Waals surface area contributed by atoms with Gasteiger partial charge in [0.1, 0.15) is 12.2 Å². The zero-order valence-electron chi connectivity index (χ0n) is 17.8. The van der Waals surface area contributed by atoms with Gasteiger partial charge >= 0.3 is 23.9 Å². The molecule has 0 saturated heterocycles. The second-order valence-corrected chi connectivity index (χ2v) is 6.81. The molecular weight excluding hydrogens is 400 g/mol. The number of hydrogen-bond donors (Lipinski definition) is 2. The summed E-state index contributed by atoms with van der Waals surface area (Å²) in [5, 5.41) is 21.6. The number of hydrogen-bond acceptors (Lipinski definition) is 10. The highest BCUT2D eigenvalue weighted by atomic mass is 16.6. The van der Waals surface area contributed by atoms with Crippen molar-refractivity contribution < 1.29 is 48.3 Å². The number of rotatable bonds is 6. The van der Waals surface area contributed by atoms with Crippen LogP contribution in [0.25, 0.3) is 0 Å². The van der Waals surface area contributed by atoms with Crippen molar-refractivity contribution in [2.24, 2.45) is 0 Å². The van der Waals surface area contributed by atoms with Gasteiger partial charge in [-0.1, -0.05) is 12.2 Å². The molecule has 168 valence electrons.